The van der Waals surface area contributed by atoms with Gasteiger partial charge in [-0.05, 0) is 0 Å². The summed E-state index contributed by atoms with van der Waals surface area (Å²) >= 11 is 0. The Morgan fingerprint density at radius 2 is 2.36 bits per heavy atom. The molecule has 1 unspecified atom stereocenters. The number of hydrogen-bond acceptors (Lipinski definition) is 3. The van der Waals surface area contributed by atoms with Gasteiger partial charge in [0.05, 0.1) is 6.54 Å². The number of carbonyl (C=O) groups excluding carboxylic acids is 2. The van der Waals surface area contributed by atoms with Gasteiger partial charge in [0.25, 0.3) is 5.91 Å². The third kappa shape index (κ3) is 1.60. The molecule has 11 heavy (non-hydrogen) atoms. The molecule has 1 N–H and O–H groups in total. The van der Waals surface area contributed by atoms with Crippen molar-refractivity contribution in [2.75, 3.05) is 20.6 Å². The SMILES string of the molecule is CN(C)C(=O)C1CNC(=O)O1. The normalized spacial score (nSPS) is 22.4. The van der Waals surface area contributed by atoms with Crippen LogP contribution in [-0.4, -0.2) is 43.6 Å². The van der Waals surface area contributed by atoms with Gasteiger partial charge in [-0.2, -0.15) is 0 Å². The summed E-state index contributed by atoms with van der Waals surface area (Å²) in [6.45, 7) is 0.274. The van der Waals surface area contributed by atoms with Gasteiger partial charge in [-0.15, -0.1) is 0 Å². The van der Waals surface area contributed by atoms with Crippen molar-refractivity contribution in [3.63, 3.8) is 0 Å². The predicted molar refractivity (Wildman–Crippen MR) is 37.0 cm³/mol. The zero-order valence-electron chi connectivity index (χ0n) is 6.46. The highest BCUT2D eigenvalue weighted by atomic mass is 16.6. The topological polar surface area (TPSA) is 58.6 Å². The third-order valence-corrected chi connectivity index (χ3v) is 1.40. The van der Waals surface area contributed by atoms with Crippen molar-refractivity contribution in [3.8, 4) is 0 Å². The molecule has 0 spiro atoms. The molecule has 1 fully saturated rings. The van der Waals surface area contributed by atoms with Gasteiger partial charge in [-0.3, -0.25) is 4.79 Å². The number of nitrogens with zero attached hydrogens (tertiary/aromatic N) is 1. The van der Waals surface area contributed by atoms with Gasteiger partial charge >= 0.3 is 6.09 Å². The van der Waals surface area contributed by atoms with Crippen molar-refractivity contribution in [1.29, 1.82) is 0 Å². The molecule has 2 amide bonds. The quantitative estimate of drug-likeness (QED) is 0.542. The summed E-state index contributed by atoms with van der Waals surface area (Å²) in [5.41, 5.74) is 0. The van der Waals surface area contributed by atoms with Crippen LogP contribution in [0.25, 0.3) is 0 Å². The summed E-state index contributed by atoms with van der Waals surface area (Å²) < 4.78 is 4.64. The van der Waals surface area contributed by atoms with Crippen LogP contribution in [0.4, 0.5) is 4.79 Å². The summed E-state index contributed by atoms with van der Waals surface area (Å²) in [4.78, 5) is 23.0. The van der Waals surface area contributed by atoms with E-state index in [1.807, 2.05) is 0 Å². The molecule has 0 aromatic heterocycles. The monoisotopic (exact) mass is 158 g/mol. The highest BCUT2D eigenvalue weighted by Crippen LogP contribution is 2.01. The molecule has 1 heterocycles. The van der Waals surface area contributed by atoms with Gasteiger partial charge in [0, 0.05) is 14.1 Å². The van der Waals surface area contributed by atoms with Gasteiger partial charge in [0.2, 0.25) is 0 Å². The Kier molecular flexibility index (Phi) is 1.98. The molecule has 0 radical (unpaired) electrons. The number of ether oxygens (including phenoxy) is 1. The Morgan fingerprint density at radius 1 is 1.73 bits per heavy atom. The van der Waals surface area contributed by atoms with Crippen LogP contribution in [0.3, 0.4) is 0 Å². The van der Waals surface area contributed by atoms with Crippen LogP contribution in [0, 0.1) is 0 Å². The number of cyclic esters (lactones) is 1. The summed E-state index contributed by atoms with van der Waals surface area (Å²) in [5.74, 6) is -0.191. The first-order chi connectivity index (χ1) is 5.11. The highest BCUT2D eigenvalue weighted by molar-refractivity contribution is 5.85. The molecular weight excluding hydrogens is 148 g/mol. The van der Waals surface area contributed by atoms with E-state index in [1.165, 1.54) is 4.90 Å². The fourth-order valence-corrected chi connectivity index (χ4v) is 0.814. The highest BCUT2D eigenvalue weighted by Gasteiger charge is 2.30. The van der Waals surface area contributed by atoms with Gasteiger partial charge in [0.15, 0.2) is 6.10 Å². The largest absolute Gasteiger partial charge is 0.434 e. The zero-order valence-corrected chi connectivity index (χ0v) is 6.46. The Bertz CT molecular complexity index is 190. The Balaban J connectivity index is 2.50. The van der Waals surface area contributed by atoms with E-state index in [1.54, 1.807) is 14.1 Å². The first-order valence-corrected chi connectivity index (χ1v) is 3.27. The lowest BCUT2D eigenvalue weighted by Crippen LogP contribution is -2.35. The average molecular weight is 158 g/mol. The van der Waals surface area contributed by atoms with Crippen LogP contribution in [0.2, 0.25) is 0 Å². The second-order valence-electron chi connectivity index (χ2n) is 2.51. The van der Waals surface area contributed by atoms with E-state index in [0.717, 1.165) is 0 Å². The Hall–Kier alpha value is -1.26. The third-order valence-electron chi connectivity index (χ3n) is 1.40. The number of rotatable bonds is 1. The molecule has 1 aliphatic rings. The Labute approximate surface area is 64.3 Å². The van der Waals surface area contributed by atoms with Crippen molar-refractivity contribution in [1.82, 2.24) is 10.2 Å². The minimum atomic E-state index is -0.641. The van der Waals surface area contributed by atoms with Gasteiger partial charge in [0.1, 0.15) is 0 Å². The smallest absolute Gasteiger partial charge is 0.408 e. The standard InChI is InChI=1S/C6H10N2O3/c1-8(2)5(9)4-3-7-6(10)11-4/h4H,3H2,1-2H3,(H,7,10). The van der Waals surface area contributed by atoms with Crippen LogP contribution >= 0.6 is 0 Å². The molecule has 5 nitrogen and oxygen atoms in total. The number of alkyl carbamates (subject to hydrolysis) is 1. The molecule has 0 aromatic rings. The van der Waals surface area contributed by atoms with Crippen molar-refractivity contribution in [2.45, 2.75) is 6.10 Å². The second-order valence-corrected chi connectivity index (χ2v) is 2.51. The van der Waals surface area contributed by atoms with E-state index < -0.39 is 12.2 Å². The summed E-state index contributed by atoms with van der Waals surface area (Å²) in [5, 5.41) is 2.40. The van der Waals surface area contributed by atoms with Crippen molar-refractivity contribution < 1.29 is 14.3 Å². The lowest BCUT2D eigenvalue weighted by molar-refractivity contribution is -0.135. The lowest BCUT2D eigenvalue weighted by Gasteiger charge is -2.13. The fraction of sp³-hybridized carbons (Fsp3) is 0.667. The van der Waals surface area contributed by atoms with Gasteiger partial charge in [-0.1, -0.05) is 0 Å². The molecule has 1 saturated heterocycles. The van der Waals surface area contributed by atoms with Crippen LogP contribution in [0.1, 0.15) is 0 Å². The molecular formula is C6H10N2O3. The molecule has 1 rings (SSSR count). The van der Waals surface area contributed by atoms with E-state index in [-0.39, 0.29) is 12.5 Å². The molecule has 1 aliphatic heterocycles. The van der Waals surface area contributed by atoms with Crippen molar-refractivity contribution in [2.24, 2.45) is 0 Å². The van der Waals surface area contributed by atoms with E-state index in [4.69, 9.17) is 0 Å². The minimum Gasteiger partial charge on any atom is -0.434 e. The van der Waals surface area contributed by atoms with Crippen LogP contribution < -0.4 is 5.32 Å². The zero-order chi connectivity index (χ0) is 8.43. The van der Waals surface area contributed by atoms with E-state index >= 15 is 0 Å². The predicted octanol–water partition coefficient (Wildman–Crippen LogP) is -0.817. The average Bonchev–Trinajstić information content (AvgIpc) is 2.34. The number of nitrogens with one attached hydrogen (secondary N) is 1. The molecule has 0 aromatic carbocycles. The van der Waals surface area contributed by atoms with Crippen LogP contribution in [-0.2, 0) is 9.53 Å². The van der Waals surface area contributed by atoms with Crippen molar-refractivity contribution in [3.05, 3.63) is 0 Å². The molecule has 0 bridgehead atoms. The summed E-state index contributed by atoms with van der Waals surface area (Å²) in [6, 6.07) is 0. The fourth-order valence-electron chi connectivity index (χ4n) is 0.814. The van der Waals surface area contributed by atoms with E-state index in [9.17, 15) is 9.59 Å². The second kappa shape index (κ2) is 2.77. The molecule has 62 valence electrons. The maximum absolute atomic E-state index is 11.1. The van der Waals surface area contributed by atoms with Gasteiger partial charge < -0.3 is 15.0 Å². The maximum atomic E-state index is 11.1. The van der Waals surface area contributed by atoms with Crippen LogP contribution in [0.15, 0.2) is 0 Å². The Morgan fingerprint density at radius 3 is 2.73 bits per heavy atom. The molecule has 5 heteroatoms. The number of hydrogen-bond donors (Lipinski definition) is 1. The molecule has 0 aliphatic carbocycles. The number of carbonyl (C=O) groups is 2. The molecule has 1 atom stereocenters. The maximum Gasteiger partial charge on any atom is 0.408 e. The van der Waals surface area contributed by atoms with Gasteiger partial charge in [-0.25, -0.2) is 4.79 Å². The van der Waals surface area contributed by atoms with Crippen molar-refractivity contribution >= 4 is 12.0 Å². The lowest BCUT2D eigenvalue weighted by atomic mass is 10.3. The summed E-state index contributed by atoms with van der Waals surface area (Å²) in [7, 11) is 3.24. The first-order valence-electron chi connectivity index (χ1n) is 3.27. The number of amides is 2. The first kappa shape index (κ1) is 7.84. The number of likely N-dealkylation sites (N-methyl/N-ethyl adjacent to an activating group) is 1. The molecule has 0 saturated carbocycles. The van der Waals surface area contributed by atoms with E-state index in [0.29, 0.717) is 0 Å². The summed E-state index contributed by atoms with van der Waals surface area (Å²) in [6.07, 6.45) is -1.16. The minimum absolute atomic E-state index is 0.191. The van der Waals surface area contributed by atoms with E-state index in [2.05, 4.69) is 10.1 Å². The van der Waals surface area contributed by atoms with Crippen LogP contribution in [0.5, 0.6) is 0 Å².